The molecule has 1 fully saturated rings. The van der Waals surface area contributed by atoms with Crippen LogP contribution in [0.25, 0.3) is 11.1 Å². The van der Waals surface area contributed by atoms with Gasteiger partial charge < -0.3 is 4.42 Å². The zero-order chi connectivity index (χ0) is 12.0. The topological polar surface area (TPSA) is 43.1 Å². The zero-order valence-electron chi connectivity index (χ0n) is 10.1. The summed E-state index contributed by atoms with van der Waals surface area (Å²) >= 11 is 0. The van der Waals surface area contributed by atoms with E-state index in [-0.39, 0.29) is 17.6 Å². The van der Waals surface area contributed by atoms with Crippen molar-refractivity contribution in [2.45, 2.75) is 32.6 Å². The number of benzene rings is 1. The van der Waals surface area contributed by atoms with Gasteiger partial charge in [0.15, 0.2) is 17.3 Å². The van der Waals surface area contributed by atoms with Crippen molar-refractivity contribution in [3.05, 3.63) is 29.7 Å². The van der Waals surface area contributed by atoms with Gasteiger partial charge in [-0.05, 0) is 31.0 Å². The van der Waals surface area contributed by atoms with Gasteiger partial charge in [0.05, 0.1) is 0 Å². The van der Waals surface area contributed by atoms with Crippen LogP contribution in [0.3, 0.4) is 0 Å². The molecular weight excluding hydrogens is 214 g/mol. The molecule has 1 aliphatic carbocycles. The van der Waals surface area contributed by atoms with E-state index in [0.717, 1.165) is 35.4 Å². The van der Waals surface area contributed by atoms with E-state index < -0.39 is 0 Å². The fourth-order valence-electron chi connectivity index (χ4n) is 1.93. The van der Waals surface area contributed by atoms with Crippen LogP contribution in [0.15, 0.2) is 22.6 Å². The molecule has 3 nitrogen and oxygen atoms in total. The summed E-state index contributed by atoms with van der Waals surface area (Å²) in [4.78, 5) is 16.3. The smallest absolute Gasteiger partial charge is 0.198 e. The third-order valence-electron chi connectivity index (χ3n) is 3.13. The zero-order valence-corrected chi connectivity index (χ0v) is 10.1. The first-order chi connectivity index (χ1) is 8.15. The minimum absolute atomic E-state index is 0.251. The SMILES string of the molecule is CC(C)c1nc2cc(C(=O)C3CC3)ccc2o1. The number of oxazole rings is 1. The Bertz CT molecular complexity index is 579. The Morgan fingerprint density at radius 2 is 2.18 bits per heavy atom. The molecule has 0 amide bonds. The Labute approximate surface area is 99.8 Å². The van der Waals surface area contributed by atoms with Crippen LogP contribution < -0.4 is 0 Å². The standard InChI is InChI=1S/C14H15NO2/c1-8(2)14-15-11-7-10(5-6-12(11)17-14)13(16)9-3-4-9/h5-9H,3-4H2,1-2H3. The summed E-state index contributed by atoms with van der Waals surface area (Å²) in [5.41, 5.74) is 2.32. The quantitative estimate of drug-likeness (QED) is 0.756. The van der Waals surface area contributed by atoms with Gasteiger partial charge in [0.2, 0.25) is 0 Å². The highest BCUT2D eigenvalue weighted by Gasteiger charge is 2.30. The minimum atomic E-state index is 0.251. The average Bonchev–Trinajstić information content (AvgIpc) is 3.06. The Balaban J connectivity index is 2.02. The molecule has 0 N–H and O–H groups in total. The summed E-state index contributed by atoms with van der Waals surface area (Å²) in [6.07, 6.45) is 2.07. The van der Waals surface area contributed by atoms with Crippen molar-refractivity contribution in [2.75, 3.05) is 0 Å². The van der Waals surface area contributed by atoms with Crippen molar-refractivity contribution in [1.29, 1.82) is 0 Å². The number of nitrogens with zero attached hydrogens (tertiary/aromatic N) is 1. The summed E-state index contributed by atoms with van der Waals surface area (Å²) in [7, 11) is 0. The van der Waals surface area contributed by atoms with Crippen LogP contribution in [0.2, 0.25) is 0 Å². The summed E-state index contributed by atoms with van der Waals surface area (Å²) in [5.74, 6) is 1.51. The van der Waals surface area contributed by atoms with Gasteiger partial charge in [-0.25, -0.2) is 4.98 Å². The van der Waals surface area contributed by atoms with Crippen molar-refractivity contribution >= 4 is 16.9 Å². The second kappa shape index (κ2) is 3.69. The maximum absolute atomic E-state index is 11.9. The van der Waals surface area contributed by atoms with Gasteiger partial charge in [-0.2, -0.15) is 0 Å². The third-order valence-corrected chi connectivity index (χ3v) is 3.13. The lowest BCUT2D eigenvalue weighted by atomic mass is 10.1. The Kier molecular flexibility index (Phi) is 2.28. The van der Waals surface area contributed by atoms with Crippen molar-refractivity contribution in [2.24, 2.45) is 5.92 Å². The van der Waals surface area contributed by atoms with E-state index in [0.29, 0.717) is 0 Å². The molecule has 1 aliphatic rings. The molecule has 0 saturated heterocycles. The highest BCUT2D eigenvalue weighted by atomic mass is 16.3. The fraction of sp³-hybridized carbons (Fsp3) is 0.429. The average molecular weight is 229 g/mol. The van der Waals surface area contributed by atoms with Crippen LogP contribution >= 0.6 is 0 Å². The monoisotopic (exact) mass is 229 g/mol. The number of hydrogen-bond acceptors (Lipinski definition) is 3. The number of rotatable bonds is 3. The van der Waals surface area contributed by atoms with Crippen molar-refractivity contribution in [3.8, 4) is 0 Å². The van der Waals surface area contributed by atoms with Gasteiger partial charge in [0, 0.05) is 17.4 Å². The highest BCUT2D eigenvalue weighted by molar-refractivity contribution is 6.01. The van der Waals surface area contributed by atoms with Gasteiger partial charge in [-0.1, -0.05) is 13.8 Å². The van der Waals surface area contributed by atoms with E-state index in [4.69, 9.17) is 4.42 Å². The second-order valence-electron chi connectivity index (χ2n) is 5.03. The Morgan fingerprint density at radius 3 is 2.82 bits per heavy atom. The summed E-state index contributed by atoms with van der Waals surface area (Å²) in [6, 6.07) is 5.55. The van der Waals surface area contributed by atoms with E-state index in [2.05, 4.69) is 4.98 Å². The number of carbonyl (C=O) groups is 1. The normalized spacial score (nSPS) is 15.7. The third kappa shape index (κ3) is 1.86. The van der Waals surface area contributed by atoms with Crippen LogP contribution in [0, 0.1) is 5.92 Å². The van der Waals surface area contributed by atoms with Gasteiger partial charge >= 0.3 is 0 Å². The van der Waals surface area contributed by atoms with Gasteiger partial charge in [0.1, 0.15) is 5.52 Å². The van der Waals surface area contributed by atoms with E-state index in [1.165, 1.54) is 0 Å². The minimum Gasteiger partial charge on any atom is -0.440 e. The molecule has 0 spiro atoms. The van der Waals surface area contributed by atoms with Gasteiger partial charge in [-0.3, -0.25) is 4.79 Å². The molecule has 3 rings (SSSR count). The maximum atomic E-state index is 11.9. The number of aromatic nitrogens is 1. The fourth-order valence-corrected chi connectivity index (χ4v) is 1.93. The number of fused-ring (bicyclic) bond motifs is 1. The lowest BCUT2D eigenvalue weighted by molar-refractivity contribution is 0.0968. The molecule has 2 aromatic rings. The molecule has 1 aromatic heterocycles. The molecule has 3 heteroatoms. The summed E-state index contributed by atoms with van der Waals surface area (Å²) < 4.78 is 5.62. The van der Waals surface area contributed by atoms with E-state index in [1.54, 1.807) is 0 Å². The largest absolute Gasteiger partial charge is 0.440 e. The molecule has 0 radical (unpaired) electrons. The second-order valence-corrected chi connectivity index (χ2v) is 5.03. The first kappa shape index (κ1) is 10.5. The Hall–Kier alpha value is -1.64. The lowest BCUT2D eigenvalue weighted by Crippen LogP contribution is -2.00. The molecule has 0 bridgehead atoms. The number of carbonyl (C=O) groups excluding carboxylic acids is 1. The molecule has 0 aliphatic heterocycles. The molecule has 88 valence electrons. The molecule has 0 unspecified atom stereocenters. The first-order valence-electron chi connectivity index (χ1n) is 6.10. The van der Waals surface area contributed by atoms with Crippen LogP contribution in [-0.4, -0.2) is 10.8 Å². The van der Waals surface area contributed by atoms with E-state index in [1.807, 2.05) is 32.0 Å². The van der Waals surface area contributed by atoms with Gasteiger partial charge in [0.25, 0.3) is 0 Å². The first-order valence-corrected chi connectivity index (χ1v) is 6.10. The predicted molar refractivity (Wildman–Crippen MR) is 65.2 cm³/mol. The molecule has 1 aromatic carbocycles. The van der Waals surface area contributed by atoms with E-state index in [9.17, 15) is 4.79 Å². The van der Waals surface area contributed by atoms with Crippen molar-refractivity contribution < 1.29 is 9.21 Å². The predicted octanol–water partition coefficient (Wildman–Crippen LogP) is 3.54. The van der Waals surface area contributed by atoms with Crippen LogP contribution in [0.4, 0.5) is 0 Å². The molecule has 1 saturated carbocycles. The summed E-state index contributed by atoms with van der Waals surface area (Å²) in [6.45, 7) is 4.09. The highest BCUT2D eigenvalue weighted by Crippen LogP contribution is 2.33. The van der Waals surface area contributed by atoms with Gasteiger partial charge in [-0.15, -0.1) is 0 Å². The lowest BCUT2D eigenvalue weighted by Gasteiger charge is -1.96. The number of hydrogen-bond donors (Lipinski definition) is 0. The van der Waals surface area contributed by atoms with Crippen molar-refractivity contribution in [3.63, 3.8) is 0 Å². The van der Waals surface area contributed by atoms with Crippen LogP contribution in [0.1, 0.15) is 48.9 Å². The van der Waals surface area contributed by atoms with E-state index >= 15 is 0 Å². The Morgan fingerprint density at radius 1 is 1.41 bits per heavy atom. The molecule has 0 atom stereocenters. The summed E-state index contributed by atoms with van der Waals surface area (Å²) in [5, 5.41) is 0. The maximum Gasteiger partial charge on any atom is 0.198 e. The van der Waals surface area contributed by atoms with Crippen LogP contribution in [-0.2, 0) is 0 Å². The van der Waals surface area contributed by atoms with Crippen molar-refractivity contribution in [1.82, 2.24) is 4.98 Å². The number of Topliss-reactive ketones (excluding diaryl/α,β-unsaturated/α-hetero) is 1. The number of ketones is 1. The molecule has 1 heterocycles. The molecular formula is C14H15NO2. The van der Waals surface area contributed by atoms with Crippen LogP contribution in [0.5, 0.6) is 0 Å². The molecule has 17 heavy (non-hydrogen) atoms.